The van der Waals surface area contributed by atoms with Gasteiger partial charge in [0, 0.05) is 23.7 Å². The lowest BCUT2D eigenvalue weighted by molar-refractivity contribution is 0.0619. The fraction of sp³-hybridized carbons (Fsp3) is 0.261. The van der Waals surface area contributed by atoms with Crippen LogP contribution in [0.4, 0.5) is 5.95 Å². The summed E-state index contributed by atoms with van der Waals surface area (Å²) < 4.78 is 6.13. The van der Waals surface area contributed by atoms with Gasteiger partial charge in [0.1, 0.15) is 11.4 Å². The van der Waals surface area contributed by atoms with Crippen LogP contribution in [0.2, 0.25) is 0 Å². The molecule has 0 radical (unpaired) electrons. The molecule has 1 aromatic heterocycles. The molecule has 1 amide bonds. The molecule has 3 N–H and O–H groups in total. The van der Waals surface area contributed by atoms with Crippen LogP contribution in [0, 0.1) is 6.92 Å². The highest BCUT2D eigenvalue weighted by molar-refractivity contribution is 6.00. The zero-order valence-electron chi connectivity index (χ0n) is 16.8. The Kier molecular flexibility index (Phi) is 4.70. The van der Waals surface area contributed by atoms with E-state index in [2.05, 4.69) is 15.3 Å². The van der Waals surface area contributed by atoms with Crippen LogP contribution in [0.5, 0.6) is 5.75 Å². The summed E-state index contributed by atoms with van der Waals surface area (Å²) in [6.45, 7) is 6.08. The predicted molar refractivity (Wildman–Crippen MR) is 113 cm³/mol. The first-order valence-corrected chi connectivity index (χ1v) is 9.61. The van der Waals surface area contributed by atoms with E-state index in [-0.39, 0.29) is 17.9 Å². The predicted octanol–water partition coefficient (Wildman–Crippen LogP) is 4.07. The van der Waals surface area contributed by atoms with Crippen molar-refractivity contribution in [3.8, 4) is 17.0 Å². The van der Waals surface area contributed by atoms with Gasteiger partial charge in [0.05, 0.1) is 17.3 Å². The van der Waals surface area contributed by atoms with Crippen molar-refractivity contribution in [3.63, 3.8) is 0 Å². The Labute approximate surface area is 170 Å². The van der Waals surface area contributed by atoms with Crippen LogP contribution in [0.25, 0.3) is 11.3 Å². The van der Waals surface area contributed by atoms with E-state index < -0.39 is 5.60 Å². The molecule has 0 bridgehead atoms. The van der Waals surface area contributed by atoms with E-state index >= 15 is 0 Å². The second kappa shape index (κ2) is 7.20. The summed E-state index contributed by atoms with van der Waals surface area (Å²) >= 11 is 0. The number of carbonyl (C=O) groups is 1. The highest BCUT2D eigenvalue weighted by Gasteiger charge is 2.35. The highest BCUT2D eigenvalue weighted by atomic mass is 16.5. The molecule has 2 aromatic carbocycles. The van der Waals surface area contributed by atoms with Crippen LogP contribution in [0.1, 0.15) is 47.8 Å². The molecular weight excluding hydrogens is 364 g/mol. The summed E-state index contributed by atoms with van der Waals surface area (Å²) in [5.41, 5.74) is 9.22. The summed E-state index contributed by atoms with van der Waals surface area (Å²) in [6, 6.07) is 15.4. The lowest BCUT2D eigenvalue weighted by Gasteiger charge is -2.38. The average Bonchev–Trinajstić information content (AvgIpc) is 2.67. The van der Waals surface area contributed by atoms with Crippen LogP contribution in [-0.2, 0) is 0 Å². The van der Waals surface area contributed by atoms with E-state index in [4.69, 9.17) is 10.5 Å². The maximum absolute atomic E-state index is 13.2. The van der Waals surface area contributed by atoms with Gasteiger partial charge in [0.15, 0.2) is 0 Å². The third-order valence-electron chi connectivity index (χ3n) is 5.03. The number of aromatic nitrogens is 2. The van der Waals surface area contributed by atoms with Gasteiger partial charge in [0.25, 0.3) is 5.91 Å². The van der Waals surface area contributed by atoms with Crippen LogP contribution >= 0.6 is 0 Å². The van der Waals surface area contributed by atoms with Crippen molar-refractivity contribution in [2.45, 2.75) is 38.8 Å². The van der Waals surface area contributed by atoms with Crippen molar-refractivity contribution in [1.29, 1.82) is 0 Å². The third kappa shape index (κ3) is 3.92. The van der Waals surface area contributed by atoms with Gasteiger partial charge in [-0.3, -0.25) is 4.79 Å². The van der Waals surface area contributed by atoms with Gasteiger partial charge in [-0.2, -0.15) is 0 Å². The van der Waals surface area contributed by atoms with E-state index in [9.17, 15) is 4.79 Å². The number of nitrogens with zero attached hydrogens (tertiary/aromatic N) is 2. The number of nitrogen functional groups attached to an aromatic ring is 1. The fourth-order valence-corrected chi connectivity index (χ4v) is 3.70. The molecule has 0 aliphatic carbocycles. The van der Waals surface area contributed by atoms with Crippen molar-refractivity contribution >= 4 is 11.9 Å². The molecule has 2 heterocycles. The van der Waals surface area contributed by atoms with Gasteiger partial charge in [-0.15, -0.1) is 0 Å². The van der Waals surface area contributed by atoms with Crippen molar-refractivity contribution in [1.82, 2.24) is 15.3 Å². The van der Waals surface area contributed by atoms with Gasteiger partial charge < -0.3 is 15.8 Å². The molecule has 148 valence electrons. The maximum Gasteiger partial charge on any atom is 0.255 e. The number of fused-ring (bicyclic) bond motifs is 1. The molecule has 0 fully saturated rings. The van der Waals surface area contributed by atoms with Gasteiger partial charge in [-0.05, 0) is 32.4 Å². The topological polar surface area (TPSA) is 90.1 Å². The molecule has 1 aliphatic heterocycles. The molecule has 0 saturated heterocycles. The van der Waals surface area contributed by atoms with Crippen molar-refractivity contribution in [3.05, 3.63) is 71.4 Å². The van der Waals surface area contributed by atoms with Crippen molar-refractivity contribution in [2.75, 3.05) is 5.73 Å². The molecule has 0 unspecified atom stereocenters. The number of amides is 1. The van der Waals surface area contributed by atoms with Crippen LogP contribution in [-0.4, -0.2) is 21.5 Å². The molecule has 29 heavy (non-hydrogen) atoms. The van der Waals surface area contributed by atoms with Crippen molar-refractivity contribution < 1.29 is 9.53 Å². The Balaban J connectivity index is 1.69. The summed E-state index contributed by atoms with van der Waals surface area (Å²) in [7, 11) is 0. The summed E-state index contributed by atoms with van der Waals surface area (Å²) in [4.78, 5) is 21.6. The summed E-state index contributed by atoms with van der Waals surface area (Å²) in [6.07, 6.45) is 2.14. The fourth-order valence-electron chi connectivity index (χ4n) is 3.70. The lowest BCUT2D eigenvalue weighted by Crippen LogP contribution is -2.41. The summed E-state index contributed by atoms with van der Waals surface area (Å²) in [5.74, 6) is 0.704. The first kappa shape index (κ1) is 18.9. The zero-order valence-corrected chi connectivity index (χ0v) is 16.8. The second-order valence-corrected chi connectivity index (χ2v) is 7.99. The van der Waals surface area contributed by atoms with Crippen molar-refractivity contribution in [2.24, 2.45) is 0 Å². The highest BCUT2D eigenvalue weighted by Crippen LogP contribution is 2.40. The van der Waals surface area contributed by atoms with Gasteiger partial charge in [-0.25, -0.2) is 9.97 Å². The number of anilines is 1. The standard InChI is InChI=1S/C23H24N4O2/c1-14-9-10-16-18(12-23(2,3)29-19(16)11-14)26-21(28)17-13-25-22(24)27-20(17)15-7-5-4-6-8-15/h4-11,13,18H,12H2,1-3H3,(H,26,28)(H2,24,25,27)/t18-/m1/s1. The number of hydrogen-bond acceptors (Lipinski definition) is 5. The van der Waals surface area contributed by atoms with E-state index in [0.717, 1.165) is 22.4 Å². The molecular formula is C23H24N4O2. The average molecular weight is 388 g/mol. The number of nitrogens with one attached hydrogen (secondary N) is 1. The summed E-state index contributed by atoms with van der Waals surface area (Å²) in [5, 5.41) is 3.16. The molecule has 4 rings (SSSR count). The minimum absolute atomic E-state index is 0.133. The first-order valence-electron chi connectivity index (χ1n) is 9.61. The van der Waals surface area contributed by atoms with E-state index in [1.807, 2.05) is 69.3 Å². The molecule has 6 heteroatoms. The van der Waals surface area contributed by atoms with Crippen LogP contribution < -0.4 is 15.8 Å². The molecule has 1 aliphatic rings. The number of rotatable bonds is 3. The smallest absolute Gasteiger partial charge is 0.255 e. The Bertz CT molecular complexity index is 1060. The Hall–Kier alpha value is -3.41. The van der Waals surface area contributed by atoms with Gasteiger partial charge in [0.2, 0.25) is 5.95 Å². The largest absolute Gasteiger partial charge is 0.487 e. The zero-order chi connectivity index (χ0) is 20.6. The number of ether oxygens (including phenoxy) is 1. The minimum atomic E-state index is -0.390. The molecule has 0 spiro atoms. The molecule has 0 saturated carbocycles. The maximum atomic E-state index is 13.2. The van der Waals surface area contributed by atoms with E-state index in [1.165, 1.54) is 6.20 Å². The van der Waals surface area contributed by atoms with Crippen LogP contribution in [0.3, 0.4) is 0 Å². The minimum Gasteiger partial charge on any atom is -0.487 e. The Morgan fingerprint density at radius 3 is 2.72 bits per heavy atom. The number of aryl methyl sites for hydroxylation is 1. The van der Waals surface area contributed by atoms with Gasteiger partial charge >= 0.3 is 0 Å². The SMILES string of the molecule is Cc1ccc2c(c1)OC(C)(C)C[C@H]2NC(=O)c1cnc(N)nc1-c1ccccc1. The molecule has 3 aromatic rings. The van der Waals surface area contributed by atoms with Crippen LogP contribution in [0.15, 0.2) is 54.7 Å². The number of hydrogen-bond donors (Lipinski definition) is 2. The first-order chi connectivity index (χ1) is 13.8. The normalized spacial score (nSPS) is 17.1. The van der Waals surface area contributed by atoms with E-state index in [0.29, 0.717) is 17.7 Å². The quantitative estimate of drug-likeness (QED) is 0.706. The Morgan fingerprint density at radius 2 is 1.97 bits per heavy atom. The Morgan fingerprint density at radius 1 is 1.21 bits per heavy atom. The second-order valence-electron chi connectivity index (χ2n) is 7.99. The molecule has 1 atom stereocenters. The number of benzene rings is 2. The van der Waals surface area contributed by atoms with E-state index in [1.54, 1.807) is 0 Å². The third-order valence-corrected chi connectivity index (χ3v) is 5.03. The monoisotopic (exact) mass is 388 g/mol. The number of carbonyl (C=O) groups excluding carboxylic acids is 1. The van der Waals surface area contributed by atoms with Gasteiger partial charge in [-0.1, -0.05) is 42.5 Å². The molecule has 6 nitrogen and oxygen atoms in total. The lowest BCUT2D eigenvalue weighted by atomic mass is 9.89. The number of nitrogens with two attached hydrogens (primary N) is 1.